The zero-order chi connectivity index (χ0) is 28.2. The van der Waals surface area contributed by atoms with E-state index in [4.69, 9.17) is 17.3 Å². The standard InChI is InChI=1S/C29H28ClFN6O3/c30-23-5-1-4-20(27(23)31)15-34-25(38)16-36(21-9-10-21)26(39)17-37-24-11-8-18(6-7-19-3-2-12-33-14-19)13-22(24)28(35-37)29(32)40/h1-5,8,11-14,21H,6-7,9-10,15-17H2,(H2,32,40)(H,34,38). The second kappa shape index (κ2) is 11.8. The van der Waals surface area contributed by atoms with E-state index >= 15 is 0 Å². The van der Waals surface area contributed by atoms with Gasteiger partial charge in [0.15, 0.2) is 5.69 Å². The number of nitrogens with one attached hydrogen (secondary N) is 1. The van der Waals surface area contributed by atoms with Crippen LogP contribution in [0.5, 0.6) is 0 Å². The van der Waals surface area contributed by atoms with Crippen LogP contribution >= 0.6 is 11.6 Å². The quantitative estimate of drug-likeness (QED) is 0.290. The van der Waals surface area contributed by atoms with Gasteiger partial charge in [-0.1, -0.05) is 35.9 Å². The number of aromatic nitrogens is 3. The molecule has 4 aromatic rings. The van der Waals surface area contributed by atoms with Crippen LogP contribution < -0.4 is 11.1 Å². The molecule has 5 rings (SSSR count). The number of carbonyl (C=O) groups is 3. The number of pyridine rings is 1. The van der Waals surface area contributed by atoms with Gasteiger partial charge >= 0.3 is 0 Å². The number of hydrogen-bond donors (Lipinski definition) is 2. The summed E-state index contributed by atoms with van der Waals surface area (Å²) >= 11 is 5.81. The third-order valence-corrected chi connectivity index (χ3v) is 7.18. The number of carbonyl (C=O) groups excluding carboxylic acids is 3. The number of rotatable bonds is 11. The smallest absolute Gasteiger partial charge is 0.269 e. The number of hydrogen-bond acceptors (Lipinski definition) is 5. The molecule has 2 heterocycles. The van der Waals surface area contributed by atoms with Crippen molar-refractivity contribution in [2.75, 3.05) is 6.54 Å². The number of nitrogens with two attached hydrogens (primary N) is 1. The van der Waals surface area contributed by atoms with Crippen LogP contribution in [0.4, 0.5) is 4.39 Å². The first kappa shape index (κ1) is 27.3. The van der Waals surface area contributed by atoms with Crippen LogP contribution in [-0.2, 0) is 35.5 Å². The Balaban J connectivity index is 1.28. The molecule has 2 aromatic carbocycles. The third-order valence-electron chi connectivity index (χ3n) is 6.89. The number of benzene rings is 2. The van der Waals surface area contributed by atoms with E-state index in [0.717, 1.165) is 36.8 Å². The Labute approximate surface area is 235 Å². The normalized spacial score (nSPS) is 12.8. The molecule has 11 heteroatoms. The molecular formula is C29H28ClFN6O3. The minimum Gasteiger partial charge on any atom is -0.364 e. The lowest BCUT2D eigenvalue weighted by Crippen LogP contribution is -2.43. The molecule has 0 atom stereocenters. The molecule has 0 aliphatic heterocycles. The fourth-order valence-electron chi connectivity index (χ4n) is 4.63. The maximum absolute atomic E-state index is 14.2. The Hall–Kier alpha value is -4.31. The summed E-state index contributed by atoms with van der Waals surface area (Å²) in [6.45, 7) is -0.385. The largest absolute Gasteiger partial charge is 0.364 e. The zero-order valence-electron chi connectivity index (χ0n) is 21.6. The molecular weight excluding hydrogens is 535 g/mol. The SMILES string of the molecule is NC(=O)c1nn(CC(=O)N(CC(=O)NCc2cccc(Cl)c2F)C2CC2)c2ccc(CCc3cccnc3)cc12. The topological polar surface area (TPSA) is 123 Å². The maximum atomic E-state index is 14.2. The first-order valence-corrected chi connectivity index (χ1v) is 13.3. The van der Waals surface area contributed by atoms with Crippen LogP contribution in [0.15, 0.2) is 60.9 Å². The minimum absolute atomic E-state index is 0.0241. The van der Waals surface area contributed by atoms with E-state index in [1.165, 1.54) is 21.7 Å². The van der Waals surface area contributed by atoms with Gasteiger partial charge in [-0.05, 0) is 61.1 Å². The molecule has 3 N–H and O–H groups in total. The van der Waals surface area contributed by atoms with Crippen molar-refractivity contribution in [3.05, 3.63) is 94.1 Å². The molecule has 206 valence electrons. The predicted molar refractivity (Wildman–Crippen MR) is 148 cm³/mol. The molecule has 2 aromatic heterocycles. The van der Waals surface area contributed by atoms with Gasteiger partial charge in [0.2, 0.25) is 11.8 Å². The van der Waals surface area contributed by atoms with E-state index < -0.39 is 17.6 Å². The van der Waals surface area contributed by atoms with Crippen molar-refractivity contribution in [1.29, 1.82) is 0 Å². The Morgan fingerprint density at radius 2 is 1.90 bits per heavy atom. The highest BCUT2D eigenvalue weighted by molar-refractivity contribution is 6.30. The van der Waals surface area contributed by atoms with Crippen molar-refractivity contribution in [3.8, 4) is 0 Å². The van der Waals surface area contributed by atoms with Crippen molar-refractivity contribution in [1.82, 2.24) is 25.0 Å². The van der Waals surface area contributed by atoms with E-state index in [1.807, 2.05) is 36.5 Å². The Morgan fingerprint density at radius 3 is 2.62 bits per heavy atom. The minimum atomic E-state index is -0.688. The van der Waals surface area contributed by atoms with Crippen molar-refractivity contribution in [2.24, 2.45) is 5.73 Å². The molecule has 0 radical (unpaired) electrons. The van der Waals surface area contributed by atoms with Crippen LogP contribution in [0.25, 0.3) is 10.9 Å². The molecule has 0 spiro atoms. The van der Waals surface area contributed by atoms with Gasteiger partial charge in [0.1, 0.15) is 12.4 Å². The van der Waals surface area contributed by atoms with E-state index in [-0.39, 0.29) is 47.9 Å². The second-order valence-corrected chi connectivity index (χ2v) is 10.2. The average Bonchev–Trinajstić information content (AvgIpc) is 3.73. The Kier molecular flexibility index (Phi) is 8.06. The highest BCUT2D eigenvalue weighted by Gasteiger charge is 2.34. The maximum Gasteiger partial charge on any atom is 0.269 e. The molecule has 1 aliphatic rings. The van der Waals surface area contributed by atoms with Gasteiger partial charge in [0.05, 0.1) is 17.1 Å². The molecule has 0 saturated heterocycles. The fourth-order valence-corrected chi connectivity index (χ4v) is 4.83. The summed E-state index contributed by atoms with van der Waals surface area (Å²) in [4.78, 5) is 43.8. The van der Waals surface area contributed by atoms with Gasteiger partial charge in [-0.15, -0.1) is 0 Å². The lowest BCUT2D eigenvalue weighted by molar-refractivity contribution is -0.137. The van der Waals surface area contributed by atoms with Crippen molar-refractivity contribution in [3.63, 3.8) is 0 Å². The summed E-state index contributed by atoms with van der Waals surface area (Å²) in [6.07, 6.45) is 6.62. The van der Waals surface area contributed by atoms with Gasteiger partial charge < -0.3 is 16.0 Å². The lowest BCUT2D eigenvalue weighted by atomic mass is 10.0. The van der Waals surface area contributed by atoms with Gasteiger partial charge in [0, 0.05) is 35.9 Å². The molecule has 1 saturated carbocycles. The van der Waals surface area contributed by atoms with Crippen LogP contribution in [-0.4, -0.2) is 50.0 Å². The number of amides is 3. The van der Waals surface area contributed by atoms with Crippen molar-refractivity contribution < 1.29 is 18.8 Å². The predicted octanol–water partition coefficient (Wildman–Crippen LogP) is 3.42. The molecule has 9 nitrogen and oxygen atoms in total. The molecule has 40 heavy (non-hydrogen) atoms. The monoisotopic (exact) mass is 562 g/mol. The van der Waals surface area contributed by atoms with E-state index in [2.05, 4.69) is 15.4 Å². The summed E-state index contributed by atoms with van der Waals surface area (Å²) in [5.74, 6) is -2.00. The summed E-state index contributed by atoms with van der Waals surface area (Å²) in [6, 6.07) is 14.0. The molecule has 0 unspecified atom stereocenters. The van der Waals surface area contributed by atoms with Gasteiger partial charge in [-0.25, -0.2) is 4.39 Å². The fraction of sp³-hybridized carbons (Fsp3) is 0.276. The summed E-state index contributed by atoms with van der Waals surface area (Å²) in [7, 11) is 0. The molecule has 1 fully saturated rings. The average molecular weight is 563 g/mol. The van der Waals surface area contributed by atoms with E-state index in [0.29, 0.717) is 10.9 Å². The van der Waals surface area contributed by atoms with Gasteiger partial charge in [-0.2, -0.15) is 5.10 Å². The first-order chi connectivity index (χ1) is 19.3. The van der Waals surface area contributed by atoms with E-state index in [9.17, 15) is 18.8 Å². The number of primary amides is 1. The van der Waals surface area contributed by atoms with Crippen LogP contribution in [0.2, 0.25) is 5.02 Å². The number of halogens is 2. The lowest BCUT2D eigenvalue weighted by Gasteiger charge is -2.22. The molecule has 3 amide bonds. The summed E-state index contributed by atoms with van der Waals surface area (Å²) in [5.41, 5.74) is 8.66. The van der Waals surface area contributed by atoms with Gasteiger partial charge in [-0.3, -0.25) is 24.0 Å². The molecule has 1 aliphatic carbocycles. The van der Waals surface area contributed by atoms with E-state index in [1.54, 1.807) is 12.3 Å². The number of fused-ring (bicyclic) bond motifs is 1. The van der Waals surface area contributed by atoms with Crippen LogP contribution in [0, 0.1) is 5.82 Å². The Morgan fingerprint density at radius 1 is 1.10 bits per heavy atom. The highest BCUT2D eigenvalue weighted by Crippen LogP contribution is 2.28. The molecule has 0 bridgehead atoms. The Bertz CT molecular complexity index is 1570. The van der Waals surface area contributed by atoms with Crippen molar-refractivity contribution in [2.45, 2.75) is 44.8 Å². The van der Waals surface area contributed by atoms with Crippen molar-refractivity contribution >= 4 is 40.2 Å². The second-order valence-electron chi connectivity index (χ2n) is 9.83. The third kappa shape index (κ3) is 6.28. The van der Waals surface area contributed by atoms with Crippen LogP contribution in [0.1, 0.15) is 40.0 Å². The van der Waals surface area contributed by atoms with Crippen LogP contribution in [0.3, 0.4) is 0 Å². The highest BCUT2D eigenvalue weighted by atomic mass is 35.5. The first-order valence-electron chi connectivity index (χ1n) is 13.0. The summed E-state index contributed by atoms with van der Waals surface area (Å²) < 4.78 is 15.6. The number of nitrogens with zero attached hydrogens (tertiary/aromatic N) is 4. The van der Waals surface area contributed by atoms with Gasteiger partial charge in [0.25, 0.3) is 5.91 Å². The zero-order valence-corrected chi connectivity index (χ0v) is 22.4. The number of aryl methyl sites for hydroxylation is 2. The summed E-state index contributed by atoms with van der Waals surface area (Å²) in [5, 5.41) is 7.56.